The highest BCUT2D eigenvalue weighted by molar-refractivity contribution is 7.15. The highest BCUT2D eigenvalue weighted by atomic mass is 32.1. The zero-order valence-electron chi connectivity index (χ0n) is 9.65. The molecule has 16 heavy (non-hydrogen) atoms. The predicted molar refractivity (Wildman–Crippen MR) is 70.6 cm³/mol. The van der Waals surface area contributed by atoms with E-state index >= 15 is 0 Å². The van der Waals surface area contributed by atoms with E-state index in [4.69, 9.17) is 0 Å². The normalized spacial score (nSPS) is 12.7. The van der Waals surface area contributed by atoms with E-state index < -0.39 is 0 Å². The van der Waals surface area contributed by atoms with Crippen LogP contribution in [0.2, 0.25) is 0 Å². The van der Waals surface area contributed by atoms with Crippen LogP contribution in [0.3, 0.4) is 0 Å². The Bertz CT molecular complexity index is 428. The van der Waals surface area contributed by atoms with Crippen molar-refractivity contribution in [2.45, 2.75) is 26.7 Å². The summed E-state index contributed by atoms with van der Waals surface area (Å²) in [4.78, 5) is 10.0. The van der Waals surface area contributed by atoms with Crippen LogP contribution in [0, 0.1) is 13.8 Å². The van der Waals surface area contributed by atoms with Crippen molar-refractivity contribution in [3.8, 4) is 0 Å². The van der Waals surface area contributed by atoms with Crippen molar-refractivity contribution in [2.75, 3.05) is 11.9 Å². The first kappa shape index (κ1) is 11.5. The fourth-order valence-electron chi connectivity index (χ4n) is 1.35. The summed E-state index contributed by atoms with van der Waals surface area (Å²) in [6.45, 7) is 7.21. The number of rotatable bonds is 4. The molecule has 1 atom stereocenters. The summed E-state index contributed by atoms with van der Waals surface area (Å²) in [6, 6.07) is 0. The van der Waals surface area contributed by atoms with Gasteiger partial charge in [0.15, 0.2) is 5.13 Å². The molecule has 2 heterocycles. The monoisotopic (exact) mass is 253 g/mol. The van der Waals surface area contributed by atoms with Gasteiger partial charge >= 0.3 is 0 Å². The Labute approximate surface area is 104 Å². The van der Waals surface area contributed by atoms with Gasteiger partial charge in [0.05, 0.1) is 10.7 Å². The molecule has 86 valence electrons. The van der Waals surface area contributed by atoms with Crippen LogP contribution in [0.4, 0.5) is 5.13 Å². The van der Waals surface area contributed by atoms with Crippen LogP contribution in [-0.4, -0.2) is 16.5 Å². The molecule has 0 saturated carbocycles. The zero-order valence-corrected chi connectivity index (χ0v) is 11.3. The fourth-order valence-corrected chi connectivity index (χ4v) is 2.87. The van der Waals surface area contributed by atoms with Gasteiger partial charge in [-0.15, -0.1) is 22.7 Å². The average molecular weight is 253 g/mol. The summed E-state index contributed by atoms with van der Waals surface area (Å²) in [5.74, 6) is 0.435. The van der Waals surface area contributed by atoms with Gasteiger partial charge in [-0.05, 0) is 13.8 Å². The van der Waals surface area contributed by atoms with Gasteiger partial charge in [-0.1, -0.05) is 6.92 Å². The second kappa shape index (κ2) is 4.93. The lowest BCUT2D eigenvalue weighted by molar-refractivity contribution is 0.794. The molecule has 0 aromatic carbocycles. The lowest BCUT2D eigenvalue weighted by atomic mass is 10.2. The van der Waals surface area contributed by atoms with Crippen molar-refractivity contribution in [1.29, 1.82) is 0 Å². The number of aromatic nitrogens is 2. The molecule has 0 radical (unpaired) electrons. The molecule has 0 saturated heterocycles. The largest absolute Gasteiger partial charge is 0.361 e. The van der Waals surface area contributed by atoms with Crippen LogP contribution in [0.25, 0.3) is 0 Å². The van der Waals surface area contributed by atoms with Crippen LogP contribution >= 0.6 is 22.7 Å². The number of aryl methyl sites for hydroxylation is 2. The van der Waals surface area contributed by atoms with Crippen molar-refractivity contribution in [2.24, 2.45) is 0 Å². The van der Waals surface area contributed by atoms with E-state index in [9.17, 15) is 0 Å². The highest BCUT2D eigenvalue weighted by Gasteiger charge is 2.09. The van der Waals surface area contributed by atoms with Crippen LogP contribution in [-0.2, 0) is 0 Å². The Morgan fingerprint density at radius 1 is 1.44 bits per heavy atom. The molecule has 1 unspecified atom stereocenters. The summed E-state index contributed by atoms with van der Waals surface area (Å²) in [5.41, 5.74) is 1.12. The molecule has 2 aromatic heterocycles. The number of hydrogen-bond donors (Lipinski definition) is 1. The Morgan fingerprint density at radius 2 is 2.25 bits per heavy atom. The molecular weight excluding hydrogens is 238 g/mol. The minimum atomic E-state index is 0.435. The molecule has 5 heteroatoms. The first-order valence-corrected chi connectivity index (χ1v) is 6.93. The van der Waals surface area contributed by atoms with Crippen LogP contribution in [0.5, 0.6) is 0 Å². The van der Waals surface area contributed by atoms with E-state index in [-0.39, 0.29) is 0 Å². The number of nitrogens with zero attached hydrogens (tertiary/aromatic N) is 2. The number of hydrogen-bond acceptors (Lipinski definition) is 5. The van der Waals surface area contributed by atoms with Gasteiger partial charge in [-0.25, -0.2) is 9.97 Å². The Kier molecular flexibility index (Phi) is 3.56. The summed E-state index contributed by atoms with van der Waals surface area (Å²) in [5, 5.41) is 7.58. The van der Waals surface area contributed by atoms with E-state index in [2.05, 4.69) is 29.1 Å². The van der Waals surface area contributed by atoms with E-state index in [1.807, 2.05) is 18.5 Å². The van der Waals surface area contributed by atoms with Gasteiger partial charge in [0.1, 0.15) is 0 Å². The number of nitrogens with one attached hydrogen (secondary N) is 1. The second-order valence-corrected chi connectivity index (χ2v) is 5.94. The van der Waals surface area contributed by atoms with Gasteiger partial charge in [-0.2, -0.15) is 0 Å². The fraction of sp³-hybridized carbons (Fsp3) is 0.455. The maximum atomic E-state index is 4.45. The van der Waals surface area contributed by atoms with Crippen molar-refractivity contribution in [3.63, 3.8) is 0 Å². The number of anilines is 1. The standard InChI is InChI=1S/C11H15N3S2/c1-7(10-12-4-5-15-10)6-13-11-14-8(2)9(3)16-11/h4-5,7H,6H2,1-3H3,(H,13,14). The zero-order chi connectivity index (χ0) is 11.5. The van der Waals surface area contributed by atoms with Crippen molar-refractivity contribution in [3.05, 3.63) is 27.2 Å². The Balaban J connectivity index is 1.92. The molecule has 3 nitrogen and oxygen atoms in total. The minimum Gasteiger partial charge on any atom is -0.361 e. The van der Waals surface area contributed by atoms with Gasteiger partial charge in [-0.3, -0.25) is 0 Å². The summed E-state index contributed by atoms with van der Waals surface area (Å²) >= 11 is 3.42. The second-order valence-electron chi connectivity index (χ2n) is 3.81. The van der Waals surface area contributed by atoms with E-state index in [1.165, 1.54) is 9.88 Å². The SMILES string of the molecule is Cc1nc(NCC(C)c2nccs2)sc1C. The molecule has 0 spiro atoms. The Hall–Kier alpha value is -0.940. The third kappa shape index (κ3) is 2.59. The smallest absolute Gasteiger partial charge is 0.183 e. The molecule has 0 amide bonds. The molecule has 2 aromatic rings. The summed E-state index contributed by atoms with van der Waals surface area (Å²) in [7, 11) is 0. The van der Waals surface area contributed by atoms with Crippen LogP contribution < -0.4 is 5.32 Å². The van der Waals surface area contributed by atoms with Crippen LogP contribution in [0.1, 0.15) is 28.4 Å². The van der Waals surface area contributed by atoms with E-state index in [1.54, 1.807) is 22.7 Å². The predicted octanol–water partition coefficient (Wildman–Crippen LogP) is 3.43. The highest BCUT2D eigenvalue weighted by Crippen LogP contribution is 2.23. The topological polar surface area (TPSA) is 37.8 Å². The Morgan fingerprint density at radius 3 is 2.81 bits per heavy atom. The summed E-state index contributed by atoms with van der Waals surface area (Å²) < 4.78 is 0. The van der Waals surface area contributed by atoms with E-state index in [0.29, 0.717) is 5.92 Å². The first-order chi connectivity index (χ1) is 7.66. The van der Waals surface area contributed by atoms with Crippen molar-refractivity contribution >= 4 is 27.8 Å². The number of thiazole rings is 2. The van der Waals surface area contributed by atoms with Crippen molar-refractivity contribution in [1.82, 2.24) is 9.97 Å². The maximum Gasteiger partial charge on any atom is 0.183 e. The van der Waals surface area contributed by atoms with Gasteiger partial charge in [0, 0.05) is 28.9 Å². The molecule has 0 aliphatic heterocycles. The molecule has 0 fully saturated rings. The van der Waals surface area contributed by atoms with Crippen LogP contribution in [0.15, 0.2) is 11.6 Å². The van der Waals surface area contributed by atoms with E-state index in [0.717, 1.165) is 17.4 Å². The van der Waals surface area contributed by atoms with Gasteiger partial charge in [0.2, 0.25) is 0 Å². The molecule has 0 aliphatic rings. The average Bonchev–Trinajstić information content (AvgIpc) is 2.86. The quantitative estimate of drug-likeness (QED) is 0.907. The van der Waals surface area contributed by atoms with Gasteiger partial charge < -0.3 is 5.32 Å². The lowest BCUT2D eigenvalue weighted by Gasteiger charge is -2.08. The molecule has 0 bridgehead atoms. The third-order valence-corrected chi connectivity index (χ3v) is 4.50. The third-order valence-electron chi connectivity index (χ3n) is 2.46. The molecular formula is C11H15N3S2. The lowest BCUT2D eigenvalue weighted by Crippen LogP contribution is -2.09. The molecule has 0 aliphatic carbocycles. The first-order valence-electron chi connectivity index (χ1n) is 5.24. The maximum absolute atomic E-state index is 4.45. The molecule has 2 rings (SSSR count). The minimum absolute atomic E-state index is 0.435. The molecule has 1 N–H and O–H groups in total. The van der Waals surface area contributed by atoms with Crippen molar-refractivity contribution < 1.29 is 0 Å². The van der Waals surface area contributed by atoms with Gasteiger partial charge in [0.25, 0.3) is 0 Å². The summed E-state index contributed by atoms with van der Waals surface area (Å²) in [6.07, 6.45) is 1.86.